The monoisotopic (exact) mass is 351 g/mol. The standard InChI is InChI=1S/C17H17N7S/c1-11-3-2-4-13-16(11)25-17(20-13)19-12-7-8-23(9-12)15-6-5-14-21-18-10-24(14)22-15/h2-6,10,12H,7-9H2,1H3,(H,19,20). The Kier molecular flexibility index (Phi) is 3.30. The average molecular weight is 351 g/mol. The first kappa shape index (κ1) is 14.6. The summed E-state index contributed by atoms with van der Waals surface area (Å²) < 4.78 is 2.98. The van der Waals surface area contributed by atoms with E-state index >= 15 is 0 Å². The molecule has 3 aromatic heterocycles. The van der Waals surface area contributed by atoms with Gasteiger partial charge >= 0.3 is 0 Å². The maximum absolute atomic E-state index is 4.72. The molecule has 1 unspecified atom stereocenters. The molecule has 1 aliphatic heterocycles. The van der Waals surface area contributed by atoms with Crippen molar-refractivity contribution in [2.24, 2.45) is 0 Å². The van der Waals surface area contributed by atoms with Crippen LogP contribution in [0.4, 0.5) is 10.9 Å². The smallest absolute Gasteiger partial charge is 0.184 e. The van der Waals surface area contributed by atoms with Crippen molar-refractivity contribution in [3.05, 3.63) is 42.2 Å². The van der Waals surface area contributed by atoms with Crippen LogP contribution in [0.15, 0.2) is 36.7 Å². The normalized spacial score (nSPS) is 17.6. The highest BCUT2D eigenvalue weighted by atomic mass is 32.1. The zero-order valence-electron chi connectivity index (χ0n) is 13.8. The minimum Gasteiger partial charge on any atom is -0.357 e. The molecule has 1 aliphatic rings. The van der Waals surface area contributed by atoms with Crippen molar-refractivity contribution in [1.29, 1.82) is 0 Å². The number of rotatable bonds is 3. The molecule has 0 saturated carbocycles. The van der Waals surface area contributed by atoms with Crippen LogP contribution in [0.1, 0.15) is 12.0 Å². The number of fused-ring (bicyclic) bond motifs is 2. The topological polar surface area (TPSA) is 71.2 Å². The van der Waals surface area contributed by atoms with Crippen LogP contribution in [0.3, 0.4) is 0 Å². The number of anilines is 2. The van der Waals surface area contributed by atoms with Gasteiger partial charge in [-0.05, 0) is 37.1 Å². The number of benzene rings is 1. The highest BCUT2D eigenvalue weighted by molar-refractivity contribution is 7.22. The van der Waals surface area contributed by atoms with E-state index in [1.807, 2.05) is 12.1 Å². The fourth-order valence-corrected chi connectivity index (χ4v) is 4.31. The van der Waals surface area contributed by atoms with E-state index in [0.29, 0.717) is 6.04 Å². The SMILES string of the molecule is Cc1cccc2nc(NC3CCN(c4ccc5nncn5n4)C3)sc12. The third-order valence-corrected chi connectivity index (χ3v) is 5.74. The first-order chi connectivity index (χ1) is 12.3. The summed E-state index contributed by atoms with van der Waals surface area (Å²) in [6.07, 6.45) is 2.70. The van der Waals surface area contributed by atoms with Crippen LogP contribution in [-0.2, 0) is 0 Å². The van der Waals surface area contributed by atoms with Crippen molar-refractivity contribution in [3.8, 4) is 0 Å². The molecule has 0 aliphatic carbocycles. The van der Waals surface area contributed by atoms with Crippen molar-refractivity contribution >= 4 is 38.2 Å². The van der Waals surface area contributed by atoms with Gasteiger partial charge in [0.05, 0.1) is 10.2 Å². The van der Waals surface area contributed by atoms with E-state index < -0.39 is 0 Å². The average Bonchev–Trinajstić information content (AvgIpc) is 3.33. The van der Waals surface area contributed by atoms with E-state index in [1.54, 1.807) is 22.2 Å². The van der Waals surface area contributed by atoms with E-state index in [0.717, 1.165) is 41.6 Å². The second-order valence-corrected chi connectivity index (χ2v) is 7.34. The highest BCUT2D eigenvalue weighted by Gasteiger charge is 2.24. The molecule has 0 spiro atoms. The van der Waals surface area contributed by atoms with Gasteiger partial charge < -0.3 is 10.2 Å². The summed E-state index contributed by atoms with van der Waals surface area (Å²) in [6, 6.07) is 10.6. The predicted molar refractivity (Wildman–Crippen MR) is 99.4 cm³/mol. The Balaban J connectivity index is 1.33. The van der Waals surface area contributed by atoms with Gasteiger partial charge in [-0.15, -0.1) is 15.3 Å². The molecular formula is C17H17N7S. The third kappa shape index (κ3) is 2.58. The number of aryl methyl sites for hydroxylation is 1. The summed E-state index contributed by atoms with van der Waals surface area (Å²) in [5, 5.41) is 17.1. The number of aromatic nitrogens is 5. The van der Waals surface area contributed by atoms with Crippen LogP contribution in [0.5, 0.6) is 0 Å². The number of nitrogens with zero attached hydrogens (tertiary/aromatic N) is 6. The molecule has 1 N–H and O–H groups in total. The van der Waals surface area contributed by atoms with Gasteiger partial charge in [0.15, 0.2) is 10.8 Å². The van der Waals surface area contributed by atoms with Gasteiger partial charge in [0.1, 0.15) is 12.1 Å². The maximum atomic E-state index is 4.72. The van der Waals surface area contributed by atoms with Crippen molar-refractivity contribution in [2.75, 3.05) is 23.3 Å². The van der Waals surface area contributed by atoms with Crippen LogP contribution >= 0.6 is 11.3 Å². The first-order valence-electron chi connectivity index (χ1n) is 8.31. The largest absolute Gasteiger partial charge is 0.357 e. The Morgan fingerprint density at radius 1 is 1.24 bits per heavy atom. The highest BCUT2D eigenvalue weighted by Crippen LogP contribution is 2.30. The second-order valence-electron chi connectivity index (χ2n) is 6.34. The molecule has 8 heteroatoms. The molecule has 1 fully saturated rings. The Hall–Kier alpha value is -2.74. The zero-order chi connectivity index (χ0) is 16.8. The lowest BCUT2D eigenvalue weighted by molar-refractivity contribution is 0.801. The predicted octanol–water partition coefficient (Wildman–Crippen LogP) is 2.73. The summed E-state index contributed by atoms with van der Waals surface area (Å²) in [5.41, 5.74) is 3.12. The first-order valence-corrected chi connectivity index (χ1v) is 9.13. The Morgan fingerprint density at radius 3 is 3.12 bits per heavy atom. The van der Waals surface area contributed by atoms with Gasteiger partial charge in [-0.3, -0.25) is 0 Å². The van der Waals surface area contributed by atoms with Crippen molar-refractivity contribution in [1.82, 2.24) is 24.8 Å². The molecular weight excluding hydrogens is 334 g/mol. The molecule has 5 rings (SSSR count). The quantitative estimate of drug-likeness (QED) is 0.612. The number of hydrogen-bond donors (Lipinski definition) is 1. The molecule has 1 saturated heterocycles. The molecule has 1 atom stereocenters. The summed E-state index contributed by atoms with van der Waals surface area (Å²) >= 11 is 1.73. The molecule has 126 valence electrons. The van der Waals surface area contributed by atoms with Crippen LogP contribution in [0, 0.1) is 6.92 Å². The van der Waals surface area contributed by atoms with E-state index in [9.17, 15) is 0 Å². The Bertz CT molecular complexity index is 1050. The van der Waals surface area contributed by atoms with Gasteiger partial charge in [0.2, 0.25) is 0 Å². The Morgan fingerprint density at radius 2 is 2.20 bits per heavy atom. The molecule has 4 heterocycles. The van der Waals surface area contributed by atoms with Crippen molar-refractivity contribution < 1.29 is 0 Å². The van der Waals surface area contributed by atoms with Gasteiger partial charge in [-0.2, -0.15) is 4.52 Å². The number of nitrogens with one attached hydrogen (secondary N) is 1. The molecule has 1 aromatic carbocycles. The fourth-order valence-electron chi connectivity index (χ4n) is 3.30. The molecule has 7 nitrogen and oxygen atoms in total. The molecule has 0 bridgehead atoms. The summed E-state index contributed by atoms with van der Waals surface area (Å²) in [5.74, 6) is 0.955. The van der Waals surface area contributed by atoms with Gasteiger partial charge in [0, 0.05) is 19.1 Å². The van der Waals surface area contributed by atoms with E-state index in [-0.39, 0.29) is 0 Å². The molecule has 25 heavy (non-hydrogen) atoms. The fraction of sp³-hybridized carbons (Fsp3) is 0.294. The molecule has 4 aromatic rings. The van der Waals surface area contributed by atoms with Crippen LogP contribution in [0.2, 0.25) is 0 Å². The van der Waals surface area contributed by atoms with E-state index in [4.69, 9.17) is 4.98 Å². The van der Waals surface area contributed by atoms with E-state index in [2.05, 4.69) is 50.6 Å². The lowest BCUT2D eigenvalue weighted by atomic mass is 10.2. The summed E-state index contributed by atoms with van der Waals surface area (Å²) in [4.78, 5) is 7.01. The van der Waals surface area contributed by atoms with Crippen LogP contribution < -0.4 is 10.2 Å². The van der Waals surface area contributed by atoms with Gasteiger partial charge in [-0.25, -0.2) is 4.98 Å². The molecule has 0 radical (unpaired) electrons. The van der Waals surface area contributed by atoms with Gasteiger partial charge in [-0.1, -0.05) is 23.5 Å². The third-order valence-electron chi connectivity index (χ3n) is 4.60. The van der Waals surface area contributed by atoms with E-state index in [1.165, 1.54) is 10.3 Å². The molecule has 0 amide bonds. The summed E-state index contributed by atoms with van der Waals surface area (Å²) in [7, 11) is 0. The van der Waals surface area contributed by atoms with Crippen molar-refractivity contribution in [2.45, 2.75) is 19.4 Å². The second kappa shape index (κ2) is 5.66. The minimum absolute atomic E-state index is 0.374. The van der Waals surface area contributed by atoms with Crippen LogP contribution in [0.25, 0.3) is 15.9 Å². The maximum Gasteiger partial charge on any atom is 0.184 e. The zero-order valence-corrected chi connectivity index (χ0v) is 14.6. The lowest BCUT2D eigenvalue weighted by Crippen LogP contribution is -2.26. The van der Waals surface area contributed by atoms with Crippen LogP contribution in [-0.4, -0.2) is 43.9 Å². The number of hydrogen-bond acceptors (Lipinski definition) is 7. The summed E-state index contributed by atoms with van der Waals surface area (Å²) in [6.45, 7) is 4.02. The number of thiazole rings is 1. The van der Waals surface area contributed by atoms with Gasteiger partial charge in [0.25, 0.3) is 0 Å². The lowest BCUT2D eigenvalue weighted by Gasteiger charge is -2.17. The minimum atomic E-state index is 0.374. The van der Waals surface area contributed by atoms with Crippen molar-refractivity contribution in [3.63, 3.8) is 0 Å². The Labute approximate surface area is 148 Å².